The van der Waals surface area contributed by atoms with Gasteiger partial charge in [-0.2, -0.15) is 9.97 Å². The van der Waals surface area contributed by atoms with Crippen LogP contribution < -0.4 is 5.73 Å². The molecule has 0 atom stereocenters. The normalized spacial score (nSPS) is 23.5. The van der Waals surface area contributed by atoms with Crippen molar-refractivity contribution < 1.29 is 0 Å². The summed E-state index contributed by atoms with van der Waals surface area (Å²) in [7, 11) is 0. The molecule has 1 fully saturated rings. The van der Waals surface area contributed by atoms with Crippen molar-refractivity contribution >= 4 is 5.95 Å². The summed E-state index contributed by atoms with van der Waals surface area (Å²) in [6.07, 6.45) is 9.65. The van der Waals surface area contributed by atoms with Gasteiger partial charge in [0.25, 0.3) is 0 Å². The highest BCUT2D eigenvalue weighted by atomic mass is 15.1. The molecule has 0 unspecified atom stereocenters. The molecule has 2 rings (SSSR count). The second-order valence-corrected chi connectivity index (χ2v) is 5.72. The quantitative estimate of drug-likeness (QED) is 0.882. The van der Waals surface area contributed by atoms with E-state index in [4.69, 9.17) is 5.73 Å². The maximum Gasteiger partial charge on any atom is 0.223 e. The SMILES string of the molecule is CCCc1nc(N)nc(C2CCC(CCC)CC2)n1. The summed E-state index contributed by atoms with van der Waals surface area (Å²) in [5.74, 6) is 3.60. The van der Waals surface area contributed by atoms with Crippen LogP contribution in [0.15, 0.2) is 0 Å². The third-order valence-corrected chi connectivity index (χ3v) is 4.10. The van der Waals surface area contributed by atoms with Crippen LogP contribution >= 0.6 is 0 Å². The zero-order valence-corrected chi connectivity index (χ0v) is 12.2. The number of nitrogen functional groups attached to an aromatic ring is 1. The first-order valence-corrected chi connectivity index (χ1v) is 7.73. The van der Waals surface area contributed by atoms with Gasteiger partial charge in [0, 0.05) is 12.3 Å². The largest absolute Gasteiger partial charge is 0.368 e. The predicted octanol–water partition coefficient (Wildman–Crippen LogP) is 3.48. The Balaban J connectivity index is 2.02. The second-order valence-electron chi connectivity index (χ2n) is 5.72. The second kappa shape index (κ2) is 6.83. The molecule has 4 heteroatoms. The first-order chi connectivity index (χ1) is 9.22. The van der Waals surface area contributed by atoms with Gasteiger partial charge in [-0.15, -0.1) is 0 Å². The molecule has 1 aliphatic rings. The van der Waals surface area contributed by atoms with Crippen molar-refractivity contribution in [1.29, 1.82) is 0 Å². The topological polar surface area (TPSA) is 64.7 Å². The van der Waals surface area contributed by atoms with E-state index < -0.39 is 0 Å². The van der Waals surface area contributed by atoms with Gasteiger partial charge >= 0.3 is 0 Å². The Hall–Kier alpha value is -1.19. The van der Waals surface area contributed by atoms with Crippen molar-refractivity contribution in [3.63, 3.8) is 0 Å². The van der Waals surface area contributed by atoms with Crippen molar-refractivity contribution in [3.8, 4) is 0 Å². The van der Waals surface area contributed by atoms with Gasteiger partial charge in [-0.25, -0.2) is 4.98 Å². The van der Waals surface area contributed by atoms with Crippen LogP contribution in [0.4, 0.5) is 5.95 Å². The van der Waals surface area contributed by atoms with E-state index >= 15 is 0 Å². The lowest BCUT2D eigenvalue weighted by atomic mass is 9.80. The molecular weight excluding hydrogens is 236 g/mol. The van der Waals surface area contributed by atoms with E-state index in [2.05, 4.69) is 28.8 Å². The molecule has 0 radical (unpaired) electrons. The van der Waals surface area contributed by atoms with Crippen LogP contribution in [-0.4, -0.2) is 15.0 Å². The fourth-order valence-corrected chi connectivity index (χ4v) is 3.09. The Bertz CT molecular complexity index is 397. The monoisotopic (exact) mass is 262 g/mol. The molecule has 1 aliphatic carbocycles. The minimum atomic E-state index is 0.393. The maximum absolute atomic E-state index is 5.81. The number of hydrogen-bond acceptors (Lipinski definition) is 4. The molecule has 0 amide bonds. The zero-order valence-electron chi connectivity index (χ0n) is 12.2. The molecule has 0 spiro atoms. The smallest absolute Gasteiger partial charge is 0.223 e. The van der Waals surface area contributed by atoms with E-state index in [1.807, 2.05) is 0 Å². The van der Waals surface area contributed by atoms with E-state index in [9.17, 15) is 0 Å². The fraction of sp³-hybridized carbons (Fsp3) is 0.800. The molecule has 106 valence electrons. The van der Waals surface area contributed by atoms with Crippen LogP contribution in [-0.2, 0) is 6.42 Å². The molecule has 0 aliphatic heterocycles. The van der Waals surface area contributed by atoms with Gasteiger partial charge in [0.05, 0.1) is 0 Å². The van der Waals surface area contributed by atoms with Crippen LogP contribution in [0.25, 0.3) is 0 Å². The lowest BCUT2D eigenvalue weighted by molar-refractivity contribution is 0.302. The van der Waals surface area contributed by atoms with E-state index in [1.54, 1.807) is 0 Å². The minimum absolute atomic E-state index is 0.393. The van der Waals surface area contributed by atoms with Gasteiger partial charge in [-0.05, 0) is 38.0 Å². The average Bonchev–Trinajstić information content (AvgIpc) is 2.40. The van der Waals surface area contributed by atoms with Crippen molar-refractivity contribution in [2.45, 2.75) is 71.1 Å². The maximum atomic E-state index is 5.81. The van der Waals surface area contributed by atoms with Gasteiger partial charge in [-0.3, -0.25) is 0 Å². The number of nitrogens with zero attached hydrogens (tertiary/aromatic N) is 3. The Morgan fingerprint density at radius 2 is 1.74 bits per heavy atom. The van der Waals surface area contributed by atoms with E-state index in [-0.39, 0.29) is 0 Å². The summed E-state index contributed by atoms with van der Waals surface area (Å²) in [4.78, 5) is 13.2. The predicted molar refractivity (Wildman–Crippen MR) is 77.8 cm³/mol. The van der Waals surface area contributed by atoms with Crippen molar-refractivity contribution in [3.05, 3.63) is 11.6 Å². The third-order valence-electron chi connectivity index (χ3n) is 4.10. The Kier molecular flexibility index (Phi) is 5.11. The lowest BCUT2D eigenvalue weighted by Crippen LogP contribution is -2.17. The number of aromatic nitrogens is 3. The fourth-order valence-electron chi connectivity index (χ4n) is 3.09. The highest BCUT2D eigenvalue weighted by Gasteiger charge is 2.24. The van der Waals surface area contributed by atoms with E-state index in [1.165, 1.54) is 38.5 Å². The summed E-state index contributed by atoms with van der Waals surface area (Å²) in [5.41, 5.74) is 5.81. The van der Waals surface area contributed by atoms with Gasteiger partial charge in [0.1, 0.15) is 11.6 Å². The molecular formula is C15H26N4. The highest BCUT2D eigenvalue weighted by molar-refractivity contribution is 5.18. The summed E-state index contributed by atoms with van der Waals surface area (Å²) in [6.45, 7) is 4.41. The first-order valence-electron chi connectivity index (χ1n) is 7.73. The Labute approximate surface area is 116 Å². The summed E-state index contributed by atoms with van der Waals surface area (Å²) in [6, 6.07) is 0. The molecule has 1 heterocycles. The van der Waals surface area contributed by atoms with E-state index in [0.717, 1.165) is 30.4 Å². The molecule has 0 aromatic carbocycles. The molecule has 0 bridgehead atoms. The Morgan fingerprint density at radius 1 is 1.00 bits per heavy atom. The molecule has 2 N–H and O–H groups in total. The molecule has 1 aromatic rings. The molecule has 19 heavy (non-hydrogen) atoms. The number of anilines is 1. The number of nitrogens with two attached hydrogens (primary N) is 1. The van der Waals surface area contributed by atoms with Crippen molar-refractivity contribution in [2.75, 3.05) is 5.73 Å². The van der Waals surface area contributed by atoms with Crippen LogP contribution in [0.1, 0.15) is 76.4 Å². The van der Waals surface area contributed by atoms with Gasteiger partial charge < -0.3 is 5.73 Å². The minimum Gasteiger partial charge on any atom is -0.368 e. The van der Waals surface area contributed by atoms with Crippen molar-refractivity contribution in [1.82, 2.24) is 15.0 Å². The number of rotatable bonds is 5. The Morgan fingerprint density at radius 3 is 2.37 bits per heavy atom. The van der Waals surface area contributed by atoms with Crippen LogP contribution in [0.5, 0.6) is 0 Å². The zero-order chi connectivity index (χ0) is 13.7. The van der Waals surface area contributed by atoms with Gasteiger partial charge in [0.2, 0.25) is 5.95 Å². The molecule has 1 saturated carbocycles. The third kappa shape index (κ3) is 3.88. The molecule has 0 saturated heterocycles. The standard InChI is InChI=1S/C15H26N4/c1-3-5-11-7-9-12(10-8-11)14-17-13(6-4-2)18-15(16)19-14/h11-12H,3-10H2,1-2H3,(H2,16,17,18,19). The average molecular weight is 262 g/mol. The van der Waals surface area contributed by atoms with Crippen molar-refractivity contribution in [2.24, 2.45) is 5.92 Å². The number of hydrogen-bond donors (Lipinski definition) is 1. The highest BCUT2D eigenvalue weighted by Crippen LogP contribution is 2.36. The van der Waals surface area contributed by atoms with Crippen LogP contribution in [0, 0.1) is 5.92 Å². The van der Waals surface area contributed by atoms with E-state index in [0.29, 0.717) is 11.9 Å². The van der Waals surface area contributed by atoms with Crippen LogP contribution in [0.2, 0.25) is 0 Å². The number of aryl methyl sites for hydroxylation is 1. The summed E-state index contributed by atoms with van der Waals surface area (Å²) in [5, 5.41) is 0. The summed E-state index contributed by atoms with van der Waals surface area (Å²) < 4.78 is 0. The molecule has 1 aromatic heterocycles. The van der Waals surface area contributed by atoms with Gasteiger partial charge in [-0.1, -0.05) is 26.7 Å². The molecule has 4 nitrogen and oxygen atoms in total. The lowest BCUT2D eigenvalue weighted by Gasteiger charge is -2.27. The van der Waals surface area contributed by atoms with Crippen LogP contribution in [0.3, 0.4) is 0 Å². The van der Waals surface area contributed by atoms with Gasteiger partial charge in [0.15, 0.2) is 0 Å². The first kappa shape index (κ1) is 14.2. The summed E-state index contributed by atoms with van der Waals surface area (Å²) >= 11 is 0.